The molecule has 0 aliphatic carbocycles. The van der Waals surface area contributed by atoms with E-state index in [1.165, 1.54) is 12.1 Å². The van der Waals surface area contributed by atoms with Crippen LogP contribution in [0.1, 0.15) is 18.0 Å². The lowest BCUT2D eigenvalue weighted by Crippen LogP contribution is -2.34. The van der Waals surface area contributed by atoms with E-state index in [0.29, 0.717) is 19.5 Å². The summed E-state index contributed by atoms with van der Waals surface area (Å²) in [4.78, 5) is 13.9. The van der Waals surface area contributed by atoms with Gasteiger partial charge in [-0.15, -0.1) is 0 Å². The van der Waals surface area contributed by atoms with Gasteiger partial charge in [0.1, 0.15) is 5.82 Å². The van der Waals surface area contributed by atoms with Crippen molar-refractivity contribution in [1.82, 2.24) is 14.8 Å². The highest BCUT2D eigenvalue weighted by molar-refractivity contribution is 5.75. The van der Waals surface area contributed by atoms with E-state index >= 15 is 0 Å². The second kappa shape index (κ2) is 7.75. The highest BCUT2D eigenvalue weighted by atomic mass is 19.1. The molecular weight excluding hydrogens is 281 g/mol. The lowest BCUT2D eigenvalue weighted by atomic mass is 10.1. The molecule has 1 atom stereocenters. The second-order valence-electron chi connectivity index (χ2n) is 5.51. The second-order valence-corrected chi connectivity index (χ2v) is 5.51. The molecule has 1 amide bonds. The first kappa shape index (κ1) is 16.2. The third-order valence-electron chi connectivity index (χ3n) is 3.61. The van der Waals surface area contributed by atoms with E-state index in [1.807, 2.05) is 54.2 Å². The Labute approximate surface area is 130 Å². The average Bonchev–Trinajstić information content (AvgIpc) is 2.98. The van der Waals surface area contributed by atoms with Crippen LogP contribution in [0.4, 0.5) is 4.39 Å². The van der Waals surface area contributed by atoms with Gasteiger partial charge in [0, 0.05) is 31.9 Å². The smallest absolute Gasteiger partial charge is 0.221 e. The summed E-state index contributed by atoms with van der Waals surface area (Å²) >= 11 is 0. The fraction of sp³-hybridized carbons (Fsp3) is 0.353. The molecule has 0 spiro atoms. The Morgan fingerprint density at radius 1 is 1.27 bits per heavy atom. The largest absolute Gasteiger partial charge is 0.354 e. The Kier molecular flexibility index (Phi) is 5.72. The molecule has 2 aromatic rings. The minimum atomic E-state index is -0.261. The topological polar surface area (TPSA) is 37.3 Å². The summed E-state index contributed by atoms with van der Waals surface area (Å²) in [5.41, 5.74) is 0.857. The highest BCUT2D eigenvalue weighted by Gasteiger charge is 2.15. The molecule has 1 heterocycles. The van der Waals surface area contributed by atoms with Gasteiger partial charge in [-0.1, -0.05) is 12.1 Å². The molecule has 0 bridgehead atoms. The number of halogens is 1. The van der Waals surface area contributed by atoms with Gasteiger partial charge in [0.15, 0.2) is 0 Å². The standard InChI is InChI=1S/C17H22FN3O/c1-20(2)16(14-6-5-7-15(18)12-14)13-19-17(22)8-11-21-9-3-4-10-21/h3-7,9-10,12,16H,8,11,13H2,1-2H3,(H,19,22)/t16-/m0/s1. The van der Waals surface area contributed by atoms with Gasteiger partial charge in [-0.2, -0.15) is 0 Å². The number of nitrogens with zero attached hydrogens (tertiary/aromatic N) is 2. The van der Waals surface area contributed by atoms with Crippen molar-refractivity contribution in [2.24, 2.45) is 0 Å². The molecule has 0 saturated carbocycles. The molecular formula is C17H22FN3O. The van der Waals surface area contributed by atoms with Crippen LogP contribution in [0.25, 0.3) is 0 Å². The molecule has 4 nitrogen and oxygen atoms in total. The van der Waals surface area contributed by atoms with E-state index in [2.05, 4.69) is 5.32 Å². The molecule has 0 fully saturated rings. The van der Waals surface area contributed by atoms with Crippen LogP contribution in [0.15, 0.2) is 48.8 Å². The van der Waals surface area contributed by atoms with Crippen molar-refractivity contribution in [3.63, 3.8) is 0 Å². The number of benzene rings is 1. The van der Waals surface area contributed by atoms with Crippen molar-refractivity contribution >= 4 is 5.91 Å². The number of amides is 1. The van der Waals surface area contributed by atoms with Crippen molar-refractivity contribution in [3.8, 4) is 0 Å². The number of hydrogen-bond acceptors (Lipinski definition) is 2. The Hall–Kier alpha value is -2.14. The first-order chi connectivity index (χ1) is 10.6. The normalized spacial score (nSPS) is 12.4. The molecule has 1 N–H and O–H groups in total. The third kappa shape index (κ3) is 4.70. The van der Waals surface area contributed by atoms with Crippen LogP contribution in [0.3, 0.4) is 0 Å². The number of aryl methyl sites for hydroxylation is 1. The summed E-state index contributed by atoms with van der Waals surface area (Å²) in [7, 11) is 3.84. The Balaban J connectivity index is 1.87. The van der Waals surface area contributed by atoms with Gasteiger partial charge >= 0.3 is 0 Å². The predicted molar refractivity (Wildman–Crippen MR) is 84.9 cm³/mol. The molecule has 22 heavy (non-hydrogen) atoms. The lowest BCUT2D eigenvalue weighted by molar-refractivity contribution is -0.121. The van der Waals surface area contributed by atoms with E-state index in [9.17, 15) is 9.18 Å². The van der Waals surface area contributed by atoms with Crippen LogP contribution >= 0.6 is 0 Å². The minimum absolute atomic E-state index is 0.00282. The summed E-state index contributed by atoms with van der Waals surface area (Å²) in [5.74, 6) is -0.264. The van der Waals surface area contributed by atoms with E-state index in [4.69, 9.17) is 0 Å². The quantitative estimate of drug-likeness (QED) is 0.853. The third-order valence-corrected chi connectivity index (χ3v) is 3.61. The predicted octanol–water partition coefficient (Wildman–Crippen LogP) is 2.44. The molecule has 0 aliphatic heterocycles. The van der Waals surface area contributed by atoms with Crippen LogP contribution in [0, 0.1) is 5.82 Å². The van der Waals surface area contributed by atoms with Crippen molar-refractivity contribution in [2.45, 2.75) is 19.0 Å². The molecule has 5 heteroatoms. The number of hydrogen-bond donors (Lipinski definition) is 1. The summed E-state index contributed by atoms with van der Waals surface area (Å²) in [6.45, 7) is 1.12. The fourth-order valence-corrected chi connectivity index (χ4v) is 2.36. The fourth-order valence-electron chi connectivity index (χ4n) is 2.36. The molecule has 1 aromatic carbocycles. The molecule has 0 radical (unpaired) electrons. The Bertz CT molecular complexity index is 596. The first-order valence-corrected chi connectivity index (χ1v) is 7.35. The molecule has 0 saturated heterocycles. The number of carbonyl (C=O) groups excluding carboxylic acids is 1. The average molecular weight is 303 g/mol. The Morgan fingerprint density at radius 2 is 2.00 bits per heavy atom. The summed E-state index contributed by atoms with van der Waals surface area (Å²) in [5, 5.41) is 2.93. The SMILES string of the molecule is CN(C)[C@@H](CNC(=O)CCn1cccc1)c1cccc(F)c1. The van der Waals surface area contributed by atoms with Gasteiger partial charge in [-0.3, -0.25) is 4.79 Å². The van der Waals surface area contributed by atoms with E-state index in [1.54, 1.807) is 6.07 Å². The molecule has 0 aliphatic rings. The van der Waals surface area contributed by atoms with Crippen LogP contribution in [0.2, 0.25) is 0 Å². The zero-order chi connectivity index (χ0) is 15.9. The van der Waals surface area contributed by atoms with E-state index in [0.717, 1.165) is 5.56 Å². The van der Waals surface area contributed by atoms with Crippen LogP contribution in [-0.2, 0) is 11.3 Å². The van der Waals surface area contributed by atoms with Gasteiger partial charge in [0.2, 0.25) is 5.91 Å². The van der Waals surface area contributed by atoms with Gasteiger partial charge < -0.3 is 14.8 Å². The zero-order valence-electron chi connectivity index (χ0n) is 13.0. The molecule has 0 unspecified atom stereocenters. The van der Waals surface area contributed by atoms with Crippen LogP contribution in [0.5, 0.6) is 0 Å². The Morgan fingerprint density at radius 3 is 2.64 bits per heavy atom. The van der Waals surface area contributed by atoms with Gasteiger partial charge in [-0.05, 0) is 43.9 Å². The van der Waals surface area contributed by atoms with Gasteiger partial charge in [-0.25, -0.2) is 4.39 Å². The molecule has 1 aromatic heterocycles. The van der Waals surface area contributed by atoms with Crippen molar-refractivity contribution in [3.05, 3.63) is 60.2 Å². The van der Waals surface area contributed by atoms with Crippen molar-refractivity contribution < 1.29 is 9.18 Å². The van der Waals surface area contributed by atoms with Crippen molar-refractivity contribution in [1.29, 1.82) is 0 Å². The molecule has 2 rings (SSSR count). The summed E-state index contributed by atoms with van der Waals surface area (Å²) in [6.07, 6.45) is 4.29. The maximum Gasteiger partial charge on any atom is 0.221 e. The maximum atomic E-state index is 13.4. The monoisotopic (exact) mass is 303 g/mol. The number of rotatable bonds is 7. The zero-order valence-corrected chi connectivity index (χ0v) is 13.0. The van der Waals surface area contributed by atoms with Crippen LogP contribution in [-0.4, -0.2) is 36.0 Å². The minimum Gasteiger partial charge on any atom is -0.354 e. The van der Waals surface area contributed by atoms with Gasteiger partial charge in [0.25, 0.3) is 0 Å². The summed E-state index contributed by atoms with van der Waals surface area (Å²) < 4.78 is 15.3. The van der Waals surface area contributed by atoms with Gasteiger partial charge in [0.05, 0.1) is 6.04 Å². The van der Waals surface area contributed by atoms with Crippen LogP contribution < -0.4 is 5.32 Å². The van der Waals surface area contributed by atoms with E-state index in [-0.39, 0.29) is 17.8 Å². The number of aromatic nitrogens is 1. The van der Waals surface area contributed by atoms with Crippen molar-refractivity contribution in [2.75, 3.05) is 20.6 Å². The number of nitrogens with one attached hydrogen (secondary N) is 1. The first-order valence-electron chi connectivity index (χ1n) is 7.35. The summed E-state index contributed by atoms with van der Waals surface area (Å²) in [6, 6.07) is 10.3. The number of likely N-dealkylation sites (N-methyl/N-ethyl adjacent to an activating group) is 1. The van der Waals surface area contributed by atoms with E-state index < -0.39 is 0 Å². The number of carbonyl (C=O) groups is 1. The lowest BCUT2D eigenvalue weighted by Gasteiger charge is -2.25. The maximum absolute atomic E-state index is 13.4. The molecule has 118 valence electrons. The highest BCUT2D eigenvalue weighted by Crippen LogP contribution is 2.18.